The van der Waals surface area contributed by atoms with E-state index in [-0.39, 0.29) is 30.0 Å². The molecule has 3 rings (SSSR count). The van der Waals surface area contributed by atoms with Crippen LogP contribution in [0.5, 0.6) is 0 Å². The summed E-state index contributed by atoms with van der Waals surface area (Å²) in [5, 5.41) is 15.2. The molecule has 1 aromatic carbocycles. The van der Waals surface area contributed by atoms with Gasteiger partial charge in [-0.3, -0.25) is 19.5 Å². The van der Waals surface area contributed by atoms with Gasteiger partial charge in [-0.05, 0) is 18.6 Å². The van der Waals surface area contributed by atoms with Gasteiger partial charge in [0.1, 0.15) is 5.01 Å². The Labute approximate surface area is 152 Å². The third-order valence-corrected chi connectivity index (χ3v) is 4.80. The van der Waals surface area contributed by atoms with E-state index < -0.39 is 0 Å². The van der Waals surface area contributed by atoms with Gasteiger partial charge < -0.3 is 5.32 Å². The van der Waals surface area contributed by atoms with Crippen LogP contribution in [0.4, 0.5) is 5.13 Å². The predicted molar refractivity (Wildman–Crippen MR) is 101 cm³/mol. The molecule has 0 radical (unpaired) electrons. The van der Waals surface area contributed by atoms with E-state index in [1.807, 2.05) is 0 Å². The number of carbonyl (C=O) groups excluding carboxylic acids is 1. The number of anilines is 1. The molecule has 0 aliphatic heterocycles. The Hall–Kier alpha value is -2.81. The Morgan fingerprint density at radius 3 is 2.77 bits per heavy atom. The topological polar surface area (TPSA) is 110 Å². The number of aromatic amines is 1. The van der Waals surface area contributed by atoms with Crippen LogP contribution >= 0.6 is 11.3 Å². The van der Waals surface area contributed by atoms with Crippen LogP contribution in [0.2, 0.25) is 0 Å². The molecule has 2 heterocycles. The maximum atomic E-state index is 12.4. The quantitative estimate of drug-likeness (QED) is 0.657. The van der Waals surface area contributed by atoms with Crippen molar-refractivity contribution in [3.8, 4) is 0 Å². The minimum atomic E-state index is -0.356. The van der Waals surface area contributed by atoms with Crippen LogP contribution in [0.1, 0.15) is 31.2 Å². The van der Waals surface area contributed by atoms with E-state index in [0.29, 0.717) is 15.9 Å². The maximum absolute atomic E-state index is 12.4. The molecule has 2 aromatic heterocycles. The fraction of sp³-hybridized carbons (Fsp3) is 0.353. The summed E-state index contributed by atoms with van der Waals surface area (Å²) in [6, 6.07) is 6.60. The molecule has 0 fully saturated rings. The highest BCUT2D eigenvalue weighted by atomic mass is 32.1. The van der Waals surface area contributed by atoms with Crippen LogP contribution in [0.15, 0.2) is 33.9 Å². The molecule has 0 bridgehead atoms. The van der Waals surface area contributed by atoms with Gasteiger partial charge in [-0.25, -0.2) is 4.68 Å². The normalized spacial score (nSPS) is 11.0. The summed E-state index contributed by atoms with van der Waals surface area (Å²) in [4.78, 5) is 36.5. The van der Waals surface area contributed by atoms with Crippen molar-refractivity contribution < 1.29 is 4.79 Å². The Balaban J connectivity index is 1.65. The molecule has 26 heavy (non-hydrogen) atoms. The largest absolute Gasteiger partial charge is 0.300 e. The van der Waals surface area contributed by atoms with Crippen molar-refractivity contribution in [2.75, 3.05) is 5.32 Å². The first-order valence-electron chi connectivity index (χ1n) is 8.42. The van der Waals surface area contributed by atoms with Crippen LogP contribution in [-0.4, -0.2) is 25.9 Å². The lowest BCUT2D eigenvalue weighted by Crippen LogP contribution is -2.31. The maximum Gasteiger partial charge on any atom is 0.273 e. The van der Waals surface area contributed by atoms with Gasteiger partial charge in [0.25, 0.3) is 11.1 Å². The van der Waals surface area contributed by atoms with Crippen molar-refractivity contribution in [1.29, 1.82) is 0 Å². The van der Waals surface area contributed by atoms with Crippen LogP contribution in [-0.2, 0) is 17.8 Å². The number of carbonyl (C=O) groups is 1. The molecule has 3 aromatic rings. The van der Waals surface area contributed by atoms with Crippen molar-refractivity contribution in [2.24, 2.45) is 0 Å². The Bertz CT molecular complexity index is 1040. The summed E-state index contributed by atoms with van der Waals surface area (Å²) in [6.07, 6.45) is 2.98. The first-order valence-corrected chi connectivity index (χ1v) is 9.24. The molecule has 2 N–H and O–H groups in total. The summed E-state index contributed by atoms with van der Waals surface area (Å²) in [7, 11) is 0. The molecular weight excluding hydrogens is 354 g/mol. The Kier molecular flexibility index (Phi) is 5.57. The highest BCUT2D eigenvalue weighted by molar-refractivity contribution is 7.15. The molecule has 1 amide bonds. The number of aryl methyl sites for hydroxylation is 2. The summed E-state index contributed by atoms with van der Waals surface area (Å²) >= 11 is 1.35. The summed E-state index contributed by atoms with van der Waals surface area (Å²) < 4.78 is 1.16. The van der Waals surface area contributed by atoms with E-state index in [9.17, 15) is 14.4 Å². The number of unbranched alkanes of at least 4 members (excludes halogenated alkanes) is 1. The summed E-state index contributed by atoms with van der Waals surface area (Å²) in [5.74, 6) is -0.288. The molecule has 136 valence electrons. The van der Waals surface area contributed by atoms with Gasteiger partial charge in [0.2, 0.25) is 11.0 Å². The summed E-state index contributed by atoms with van der Waals surface area (Å²) in [5.41, 5.74) is -0.684. The number of H-pyrrole nitrogens is 1. The number of nitrogens with zero attached hydrogens (tertiary/aromatic N) is 3. The number of aromatic nitrogens is 4. The minimum absolute atomic E-state index is 0.0397. The number of hydrogen-bond donors (Lipinski definition) is 2. The lowest BCUT2D eigenvalue weighted by Gasteiger charge is -2.06. The first kappa shape index (κ1) is 18.0. The van der Waals surface area contributed by atoms with Crippen LogP contribution in [0, 0.1) is 0 Å². The average Bonchev–Trinajstić information content (AvgIpc) is 3.09. The van der Waals surface area contributed by atoms with Gasteiger partial charge in [0, 0.05) is 12.8 Å². The van der Waals surface area contributed by atoms with E-state index in [1.165, 1.54) is 11.3 Å². The molecular formula is C17H19N5O3S. The van der Waals surface area contributed by atoms with E-state index in [2.05, 4.69) is 27.5 Å². The zero-order valence-corrected chi connectivity index (χ0v) is 15.1. The van der Waals surface area contributed by atoms with Gasteiger partial charge in [-0.2, -0.15) is 0 Å². The van der Waals surface area contributed by atoms with Crippen molar-refractivity contribution in [1.82, 2.24) is 20.0 Å². The van der Waals surface area contributed by atoms with Crippen molar-refractivity contribution in [3.63, 3.8) is 0 Å². The van der Waals surface area contributed by atoms with E-state index in [4.69, 9.17) is 0 Å². The third-order valence-electron chi connectivity index (χ3n) is 3.90. The van der Waals surface area contributed by atoms with Gasteiger partial charge in [-0.15, -0.1) is 10.2 Å². The van der Waals surface area contributed by atoms with E-state index >= 15 is 0 Å². The van der Waals surface area contributed by atoms with Gasteiger partial charge >= 0.3 is 0 Å². The van der Waals surface area contributed by atoms with E-state index in [1.54, 1.807) is 24.3 Å². The molecule has 0 unspecified atom stereocenters. The molecule has 0 spiro atoms. The Morgan fingerprint density at radius 2 is 2.00 bits per heavy atom. The smallest absolute Gasteiger partial charge is 0.273 e. The Morgan fingerprint density at radius 1 is 1.23 bits per heavy atom. The second-order valence-corrected chi connectivity index (χ2v) is 6.91. The molecule has 0 atom stereocenters. The highest BCUT2D eigenvalue weighted by Gasteiger charge is 2.11. The number of nitrogens with one attached hydrogen (secondary N) is 2. The number of amides is 1. The molecule has 0 saturated heterocycles. The number of hydrogen-bond acceptors (Lipinski definition) is 6. The lowest BCUT2D eigenvalue weighted by atomic mass is 10.2. The zero-order valence-electron chi connectivity index (χ0n) is 14.3. The average molecular weight is 373 g/mol. The molecule has 8 nitrogen and oxygen atoms in total. The predicted octanol–water partition coefficient (Wildman–Crippen LogP) is 1.91. The second kappa shape index (κ2) is 8.05. The van der Waals surface area contributed by atoms with Gasteiger partial charge in [-0.1, -0.05) is 36.8 Å². The fourth-order valence-corrected chi connectivity index (χ4v) is 3.33. The second-order valence-electron chi connectivity index (χ2n) is 5.85. The number of fused-ring (bicyclic) bond motifs is 1. The third kappa shape index (κ3) is 4.05. The number of benzene rings is 1. The van der Waals surface area contributed by atoms with Gasteiger partial charge in [0.05, 0.1) is 17.3 Å². The lowest BCUT2D eigenvalue weighted by molar-refractivity contribution is -0.116. The van der Waals surface area contributed by atoms with Gasteiger partial charge in [0.15, 0.2) is 0 Å². The van der Waals surface area contributed by atoms with Crippen LogP contribution in [0.25, 0.3) is 10.8 Å². The standard InChI is InChI=1S/C17H19N5O3S/c1-2-3-8-14-19-20-17(26-14)18-13(23)9-10-22-16(25)12-7-5-4-6-11(12)15(24)21-22/h4-7H,2-3,8-10H2,1H3,(H,21,24)(H,18,20,23). The molecule has 0 aliphatic rings. The molecule has 9 heteroatoms. The minimum Gasteiger partial charge on any atom is -0.300 e. The van der Waals surface area contributed by atoms with Crippen molar-refractivity contribution >= 4 is 33.1 Å². The van der Waals surface area contributed by atoms with E-state index in [0.717, 1.165) is 29.0 Å². The van der Waals surface area contributed by atoms with Crippen LogP contribution < -0.4 is 16.4 Å². The number of rotatable bonds is 7. The van der Waals surface area contributed by atoms with Crippen LogP contribution in [0.3, 0.4) is 0 Å². The monoisotopic (exact) mass is 373 g/mol. The molecule has 0 aliphatic carbocycles. The van der Waals surface area contributed by atoms with Crippen molar-refractivity contribution in [2.45, 2.75) is 39.2 Å². The zero-order chi connectivity index (χ0) is 18.5. The highest BCUT2D eigenvalue weighted by Crippen LogP contribution is 2.17. The summed E-state index contributed by atoms with van der Waals surface area (Å²) in [6.45, 7) is 2.18. The van der Waals surface area contributed by atoms with Crippen molar-refractivity contribution in [3.05, 3.63) is 50.0 Å². The SMILES string of the molecule is CCCCc1nnc(NC(=O)CCn2[nH]c(=O)c3ccccc3c2=O)s1. The molecule has 0 saturated carbocycles. The fourth-order valence-electron chi connectivity index (χ4n) is 2.53. The first-order chi connectivity index (χ1) is 12.6.